The molecule has 0 saturated carbocycles. The van der Waals surface area contributed by atoms with Gasteiger partial charge in [-0.05, 0) is 74.4 Å². The average molecular weight is 500 g/mol. The lowest BCUT2D eigenvalue weighted by Gasteiger charge is -2.15. The standard InChI is InChI=1S/C30H29NO6/c1-6-36-28-19(3)29-25(26(17-37-29)21-8-7-9-23(15-21)34-4)16-24(28)18(2)14-27(32)31-22-12-10-20(11-13-22)30(33)35-5/h7-17H,6H2,1-5H3,(H,31,32)/b18-14+. The second-order valence-electron chi connectivity index (χ2n) is 8.45. The molecule has 4 aromatic rings. The average Bonchev–Trinajstić information content (AvgIpc) is 3.34. The lowest BCUT2D eigenvalue weighted by atomic mass is 9.96. The SMILES string of the molecule is CCOc1c(/C(C)=C/C(=O)Nc2ccc(C(=O)OC)cc2)cc2c(-c3cccc(OC)c3)coc2c1C. The Labute approximate surface area is 215 Å². The van der Waals surface area contributed by atoms with Crippen LogP contribution in [0.3, 0.4) is 0 Å². The molecule has 0 atom stereocenters. The number of fused-ring (bicyclic) bond motifs is 1. The van der Waals surface area contributed by atoms with Crippen LogP contribution in [0.1, 0.15) is 35.3 Å². The van der Waals surface area contributed by atoms with Gasteiger partial charge in [0.15, 0.2) is 0 Å². The number of hydrogen-bond donors (Lipinski definition) is 1. The molecule has 0 spiro atoms. The van der Waals surface area contributed by atoms with E-state index in [1.165, 1.54) is 13.2 Å². The number of amides is 1. The first kappa shape index (κ1) is 25.6. The highest BCUT2D eigenvalue weighted by molar-refractivity contribution is 6.06. The molecule has 190 valence electrons. The number of furan rings is 1. The van der Waals surface area contributed by atoms with Gasteiger partial charge in [0, 0.05) is 33.8 Å². The summed E-state index contributed by atoms with van der Waals surface area (Å²) >= 11 is 0. The van der Waals surface area contributed by atoms with E-state index in [1.807, 2.05) is 51.1 Å². The van der Waals surface area contributed by atoms with Gasteiger partial charge in [-0.25, -0.2) is 4.79 Å². The summed E-state index contributed by atoms with van der Waals surface area (Å²) in [4.78, 5) is 24.5. The van der Waals surface area contributed by atoms with E-state index in [4.69, 9.17) is 18.6 Å². The summed E-state index contributed by atoms with van der Waals surface area (Å²) in [7, 11) is 2.96. The number of anilines is 1. The van der Waals surface area contributed by atoms with Crippen molar-refractivity contribution in [3.8, 4) is 22.6 Å². The van der Waals surface area contributed by atoms with Gasteiger partial charge in [-0.15, -0.1) is 0 Å². The van der Waals surface area contributed by atoms with Crippen LogP contribution in [-0.4, -0.2) is 32.7 Å². The minimum absolute atomic E-state index is 0.302. The van der Waals surface area contributed by atoms with Gasteiger partial charge < -0.3 is 23.9 Å². The summed E-state index contributed by atoms with van der Waals surface area (Å²) in [5.41, 5.74) is 5.97. The predicted octanol–water partition coefficient (Wildman–Crippen LogP) is 6.64. The van der Waals surface area contributed by atoms with Gasteiger partial charge in [-0.3, -0.25) is 4.79 Å². The summed E-state index contributed by atoms with van der Waals surface area (Å²) < 4.78 is 22.1. The first-order valence-electron chi connectivity index (χ1n) is 11.9. The van der Waals surface area contributed by atoms with Crippen molar-refractivity contribution in [2.45, 2.75) is 20.8 Å². The molecule has 0 aliphatic rings. The number of hydrogen-bond acceptors (Lipinski definition) is 6. The summed E-state index contributed by atoms with van der Waals surface area (Å²) in [6.45, 7) is 6.20. The van der Waals surface area contributed by atoms with Crippen molar-refractivity contribution < 1.29 is 28.2 Å². The number of allylic oxidation sites excluding steroid dienone is 1. The molecule has 7 heteroatoms. The molecule has 1 N–H and O–H groups in total. The van der Waals surface area contributed by atoms with Crippen molar-refractivity contribution in [3.05, 3.63) is 83.6 Å². The van der Waals surface area contributed by atoms with Crippen LogP contribution in [0.2, 0.25) is 0 Å². The summed E-state index contributed by atoms with van der Waals surface area (Å²) in [5.74, 6) is 0.687. The maximum absolute atomic E-state index is 12.8. The fourth-order valence-corrected chi connectivity index (χ4v) is 4.21. The Morgan fingerprint density at radius 1 is 1.05 bits per heavy atom. The molecule has 1 heterocycles. The number of carbonyl (C=O) groups is 2. The molecule has 1 aromatic heterocycles. The van der Waals surface area contributed by atoms with Crippen LogP contribution >= 0.6 is 0 Å². The van der Waals surface area contributed by atoms with Crippen molar-refractivity contribution in [2.75, 3.05) is 26.1 Å². The number of esters is 1. The Balaban J connectivity index is 1.71. The number of carbonyl (C=O) groups excluding carboxylic acids is 2. The van der Waals surface area contributed by atoms with Crippen LogP contribution in [0, 0.1) is 6.92 Å². The van der Waals surface area contributed by atoms with E-state index < -0.39 is 5.97 Å². The maximum atomic E-state index is 12.8. The monoisotopic (exact) mass is 499 g/mol. The van der Waals surface area contributed by atoms with Gasteiger partial charge in [0.2, 0.25) is 5.91 Å². The third-order valence-electron chi connectivity index (χ3n) is 6.06. The number of nitrogens with one attached hydrogen (secondary N) is 1. The first-order valence-corrected chi connectivity index (χ1v) is 11.9. The number of benzene rings is 3. The molecule has 3 aromatic carbocycles. The molecule has 0 saturated heterocycles. The number of methoxy groups -OCH3 is 2. The number of aryl methyl sites for hydroxylation is 1. The second kappa shape index (κ2) is 11.0. The Kier molecular flexibility index (Phi) is 7.63. The van der Waals surface area contributed by atoms with Gasteiger partial charge in [0.05, 0.1) is 32.7 Å². The normalized spacial score (nSPS) is 11.3. The topological polar surface area (TPSA) is 87.0 Å². The Bertz CT molecular complexity index is 1480. The molecule has 0 aliphatic heterocycles. The zero-order valence-corrected chi connectivity index (χ0v) is 21.5. The molecule has 4 rings (SSSR count). The van der Waals surface area contributed by atoms with Crippen molar-refractivity contribution in [3.63, 3.8) is 0 Å². The van der Waals surface area contributed by atoms with E-state index in [1.54, 1.807) is 37.6 Å². The minimum atomic E-state index is -0.435. The van der Waals surface area contributed by atoms with Crippen LogP contribution in [0.15, 0.2) is 71.4 Å². The predicted molar refractivity (Wildman–Crippen MR) is 144 cm³/mol. The van der Waals surface area contributed by atoms with Crippen LogP contribution < -0.4 is 14.8 Å². The van der Waals surface area contributed by atoms with E-state index in [0.29, 0.717) is 23.6 Å². The summed E-state index contributed by atoms with van der Waals surface area (Å²) in [5, 5.41) is 3.75. The van der Waals surface area contributed by atoms with Crippen LogP contribution in [0.25, 0.3) is 27.7 Å². The number of rotatable bonds is 8. The first-order chi connectivity index (χ1) is 17.9. The molecule has 7 nitrogen and oxygen atoms in total. The third-order valence-corrected chi connectivity index (χ3v) is 6.06. The van der Waals surface area contributed by atoms with Crippen molar-refractivity contribution in [2.24, 2.45) is 0 Å². The van der Waals surface area contributed by atoms with Gasteiger partial charge in [0.1, 0.15) is 17.1 Å². The van der Waals surface area contributed by atoms with Gasteiger partial charge in [-0.2, -0.15) is 0 Å². The van der Waals surface area contributed by atoms with Crippen molar-refractivity contribution >= 4 is 34.1 Å². The smallest absolute Gasteiger partial charge is 0.337 e. The maximum Gasteiger partial charge on any atom is 0.337 e. The molecule has 0 unspecified atom stereocenters. The zero-order chi connectivity index (χ0) is 26.5. The minimum Gasteiger partial charge on any atom is -0.497 e. The lowest BCUT2D eigenvalue weighted by molar-refractivity contribution is -0.111. The van der Waals surface area contributed by atoms with Gasteiger partial charge >= 0.3 is 5.97 Å². The molecule has 0 aliphatic carbocycles. The van der Waals surface area contributed by atoms with Crippen LogP contribution in [0.4, 0.5) is 5.69 Å². The molecule has 1 amide bonds. The highest BCUT2D eigenvalue weighted by atomic mass is 16.5. The highest BCUT2D eigenvalue weighted by Gasteiger charge is 2.19. The third kappa shape index (κ3) is 5.35. The lowest BCUT2D eigenvalue weighted by Crippen LogP contribution is -2.09. The molecular formula is C30H29NO6. The van der Waals surface area contributed by atoms with Crippen molar-refractivity contribution in [1.29, 1.82) is 0 Å². The Hall–Kier alpha value is -4.52. The molecule has 0 bridgehead atoms. The quantitative estimate of drug-likeness (QED) is 0.216. The van der Waals surface area contributed by atoms with E-state index in [2.05, 4.69) is 5.32 Å². The van der Waals surface area contributed by atoms with E-state index in [-0.39, 0.29) is 5.91 Å². The van der Waals surface area contributed by atoms with E-state index >= 15 is 0 Å². The fraction of sp³-hybridized carbons (Fsp3) is 0.200. The van der Waals surface area contributed by atoms with Gasteiger partial charge in [0.25, 0.3) is 0 Å². The number of ether oxygens (including phenoxy) is 3. The largest absolute Gasteiger partial charge is 0.497 e. The molecule has 0 radical (unpaired) electrons. The zero-order valence-electron chi connectivity index (χ0n) is 21.5. The van der Waals surface area contributed by atoms with Crippen LogP contribution in [0.5, 0.6) is 11.5 Å². The fourth-order valence-electron chi connectivity index (χ4n) is 4.21. The Morgan fingerprint density at radius 2 is 1.81 bits per heavy atom. The van der Waals surface area contributed by atoms with Crippen molar-refractivity contribution in [1.82, 2.24) is 0 Å². The Morgan fingerprint density at radius 3 is 2.49 bits per heavy atom. The summed E-state index contributed by atoms with van der Waals surface area (Å²) in [6, 6.07) is 16.3. The highest BCUT2D eigenvalue weighted by Crippen LogP contribution is 2.41. The molecule has 0 fully saturated rings. The molecular weight excluding hydrogens is 470 g/mol. The molecule has 37 heavy (non-hydrogen) atoms. The summed E-state index contributed by atoms with van der Waals surface area (Å²) in [6.07, 6.45) is 3.26. The second-order valence-corrected chi connectivity index (χ2v) is 8.45. The van der Waals surface area contributed by atoms with E-state index in [0.717, 1.165) is 44.5 Å². The van der Waals surface area contributed by atoms with Crippen LogP contribution in [-0.2, 0) is 9.53 Å². The van der Waals surface area contributed by atoms with E-state index in [9.17, 15) is 9.59 Å². The van der Waals surface area contributed by atoms with Gasteiger partial charge in [-0.1, -0.05) is 12.1 Å².